The molecule has 0 saturated carbocycles. The third-order valence-corrected chi connectivity index (χ3v) is 4.70. The number of nitrogens with zero attached hydrogens (tertiary/aromatic N) is 2. The molecule has 0 fully saturated rings. The molecule has 0 aromatic heterocycles. The minimum atomic E-state index is -0.548. The average molecular weight is 330 g/mol. The number of fused-ring (bicyclic) bond motifs is 1. The molecule has 2 aromatic carbocycles. The highest BCUT2D eigenvalue weighted by molar-refractivity contribution is 5.83. The lowest BCUT2D eigenvalue weighted by molar-refractivity contribution is 0.572. The number of hydrogen-bond acceptors (Lipinski definition) is 2. The quantitative estimate of drug-likeness (QED) is 0.613. The standard InChI is InChI=1S/C20H24F2N2/c1-3-4-5-8-13-23-15(2)24(20-10-7-6-9-19(20)23)18-12-11-16(21)14-17(18)22/h6-7,9-12,14-15H,3-5,8,13H2,1-2H3. The van der Waals surface area contributed by atoms with Crippen LogP contribution in [0.3, 0.4) is 0 Å². The second kappa shape index (κ2) is 7.20. The summed E-state index contributed by atoms with van der Waals surface area (Å²) in [5.74, 6) is -1.07. The Morgan fingerprint density at radius 1 is 0.917 bits per heavy atom. The Morgan fingerprint density at radius 3 is 2.38 bits per heavy atom. The van der Waals surface area contributed by atoms with Crippen LogP contribution in [0, 0.1) is 11.6 Å². The predicted octanol–water partition coefficient (Wildman–Crippen LogP) is 5.85. The van der Waals surface area contributed by atoms with Crippen LogP contribution < -0.4 is 9.80 Å². The van der Waals surface area contributed by atoms with Gasteiger partial charge in [0.05, 0.1) is 17.1 Å². The monoisotopic (exact) mass is 330 g/mol. The van der Waals surface area contributed by atoms with E-state index >= 15 is 0 Å². The molecule has 0 aliphatic carbocycles. The average Bonchev–Trinajstić information content (AvgIpc) is 2.84. The van der Waals surface area contributed by atoms with Crippen molar-refractivity contribution in [2.45, 2.75) is 45.7 Å². The zero-order valence-electron chi connectivity index (χ0n) is 14.3. The van der Waals surface area contributed by atoms with Gasteiger partial charge in [0.1, 0.15) is 17.8 Å². The number of rotatable bonds is 6. The summed E-state index contributed by atoms with van der Waals surface area (Å²) in [6.45, 7) is 5.22. The highest BCUT2D eigenvalue weighted by Gasteiger charge is 2.34. The van der Waals surface area contributed by atoms with Gasteiger partial charge in [-0.05, 0) is 37.6 Å². The zero-order valence-corrected chi connectivity index (χ0v) is 14.3. The van der Waals surface area contributed by atoms with Crippen molar-refractivity contribution in [1.82, 2.24) is 0 Å². The van der Waals surface area contributed by atoms with Crippen LogP contribution >= 0.6 is 0 Å². The third kappa shape index (κ3) is 3.10. The zero-order chi connectivity index (χ0) is 17.1. The minimum Gasteiger partial charge on any atom is -0.349 e. The largest absolute Gasteiger partial charge is 0.349 e. The Labute approximate surface area is 142 Å². The van der Waals surface area contributed by atoms with Crippen molar-refractivity contribution < 1.29 is 8.78 Å². The molecule has 1 aliphatic rings. The third-order valence-electron chi connectivity index (χ3n) is 4.70. The van der Waals surface area contributed by atoms with E-state index in [2.05, 4.69) is 24.8 Å². The topological polar surface area (TPSA) is 6.48 Å². The van der Waals surface area contributed by atoms with Gasteiger partial charge in [-0.1, -0.05) is 38.3 Å². The molecule has 24 heavy (non-hydrogen) atoms. The first-order valence-corrected chi connectivity index (χ1v) is 8.73. The predicted molar refractivity (Wildman–Crippen MR) is 95.9 cm³/mol. The summed E-state index contributed by atoms with van der Waals surface area (Å²) in [5, 5.41) is 0. The highest BCUT2D eigenvalue weighted by Crippen LogP contribution is 2.44. The molecular formula is C20H24F2N2. The number of unbranched alkanes of at least 4 members (excludes halogenated alkanes) is 3. The second-order valence-corrected chi connectivity index (χ2v) is 6.34. The molecule has 4 heteroatoms. The molecule has 2 nitrogen and oxygen atoms in total. The first-order chi connectivity index (χ1) is 11.6. The van der Waals surface area contributed by atoms with E-state index in [0.29, 0.717) is 5.69 Å². The van der Waals surface area contributed by atoms with Gasteiger partial charge in [0.25, 0.3) is 0 Å². The maximum atomic E-state index is 14.3. The van der Waals surface area contributed by atoms with E-state index in [0.717, 1.165) is 30.4 Å². The first-order valence-electron chi connectivity index (χ1n) is 8.73. The summed E-state index contributed by atoms with van der Waals surface area (Å²) in [6, 6.07) is 11.8. The van der Waals surface area contributed by atoms with Gasteiger partial charge in [0.15, 0.2) is 0 Å². The summed E-state index contributed by atoms with van der Waals surface area (Å²) in [6.07, 6.45) is 4.77. The molecule has 0 radical (unpaired) electrons. The molecular weight excluding hydrogens is 306 g/mol. The summed E-state index contributed by atoms with van der Waals surface area (Å²) in [4.78, 5) is 4.28. The van der Waals surface area contributed by atoms with Gasteiger partial charge in [-0.3, -0.25) is 0 Å². The number of hydrogen-bond donors (Lipinski definition) is 0. The molecule has 0 amide bonds. The SMILES string of the molecule is CCCCCCN1c2ccccc2N(c2ccc(F)cc2F)C1C. The molecule has 2 aromatic rings. The summed E-state index contributed by atoms with van der Waals surface area (Å²) in [7, 11) is 0. The lowest BCUT2D eigenvalue weighted by Gasteiger charge is -2.30. The molecule has 3 rings (SSSR count). The van der Waals surface area contributed by atoms with Crippen LogP contribution in [0.5, 0.6) is 0 Å². The molecule has 1 aliphatic heterocycles. The van der Waals surface area contributed by atoms with Crippen LogP contribution in [0.2, 0.25) is 0 Å². The maximum absolute atomic E-state index is 14.3. The number of anilines is 3. The lowest BCUT2D eigenvalue weighted by Crippen LogP contribution is -2.39. The van der Waals surface area contributed by atoms with E-state index in [1.165, 1.54) is 31.4 Å². The van der Waals surface area contributed by atoms with Crippen molar-refractivity contribution >= 4 is 17.1 Å². The van der Waals surface area contributed by atoms with E-state index in [4.69, 9.17) is 0 Å². The molecule has 1 heterocycles. The van der Waals surface area contributed by atoms with Gasteiger partial charge >= 0.3 is 0 Å². The van der Waals surface area contributed by atoms with Gasteiger partial charge in [0.2, 0.25) is 0 Å². The van der Waals surface area contributed by atoms with E-state index < -0.39 is 11.6 Å². The molecule has 128 valence electrons. The molecule has 0 saturated heterocycles. The maximum Gasteiger partial charge on any atom is 0.149 e. The molecule has 0 N–H and O–H groups in total. The fourth-order valence-corrected chi connectivity index (χ4v) is 3.48. The Bertz CT molecular complexity index is 702. The second-order valence-electron chi connectivity index (χ2n) is 6.34. The van der Waals surface area contributed by atoms with Gasteiger partial charge in [-0.15, -0.1) is 0 Å². The Kier molecular flexibility index (Phi) is 5.03. The van der Waals surface area contributed by atoms with Crippen LogP contribution in [-0.2, 0) is 0 Å². The van der Waals surface area contributed by atoms with E-state index in [1.54, 1.807) is 0 Å². The van der Waals surface area contributed by atoms with Crippen LogP contribution in [0.1, 0.15) is 39.5 Å². The van der Waals surface area contributed by atoms with E-state index in [-0.39, 0.29) is 6.17 Å². The van der Waals surface area contributed by atoms with Gasteiger partial charge in [-0.25, -0.2) is 8.78 Å². The van der Waals surface area contributed by atoms with Crippen LogP contribution in [0.4, 0.5) is 25.8 Å². The van der Waals surface area contributed by atoms with Crippen molar-refractivity contribution in [3.05, 3.63) is 54.1 Å². The fourth-order valence-electron chi connectivity index (χ4n) is 3.48. The Morgan fingerprint density at radius 2 is 1.67 bits per heavy atom. The smallest absolute Gasteiger partial charge is 0.149 e. The summed E-state index contributed by atoms with van der Waals surface area (Å²) < 4.78 is 27.6. The molecule has 1 atom stereocenters. The molecule has 1 unspecified atom stereocenters. The Hall–Kier alpha value is -2.10. The number of benzene rings is 2. The summed E-state index contributed by atoms with van der Waals surface area (Å²) >= 11 is 0. The minimum absolute atomic E-state index is 0.00369. The lowest BCUT2D eigenvalue weighted by atomic mass is 10.2. The Balaban J connectivity index is 1.91. The van der Waals surface area contributed by atoms with Crippen molar-refractivity contribution in [3.63, 3.8) is 0 Å². The van der Waals surface area contributed by atoms with Crippen molar-refractivity contribution in [2.24, 2.45) is 0 Å². The molecule has 0 spiro atoms. The van der Waals surface area contributed by atoms with Crippen molar-refractivity contribution in [2.75, 3.05) is 16.3 Å². The normalized spacial score (nSPS) is 16.6. The van der Waals surface area contributed by atoms with Crippen LogP contribution in [-0.4, -0.2) is 12.7 Å². The number of para-hydroxylation sites is 2. The van der Waals surface area contributed by atoms with Crippen LogP contribution in [0.15, 0.2) is 42.5 Å². The van der Waals surface area contributed by atoms with Crippen LogP contribution in [0.25, 0.3) is 0 Å². The van der Waals surface area contributed by atoms with Crippen molar-refractivity contribution in [3.8, 4) is 0 Å². The first kappa shape index (κ1) is 16.7. The van der Waals surface area contributed by atoms with E-state index in [1.807, 2.05) is 23.1 Å². The van der Waals surface area contributed by atoms with Gasteiger partial charge in [0, 0.05) is 12.6 Å². The molecule has 0 bridgehead atoms. The van der Waals surface area contributed by atoms with Gasteiger partial charge < -0.3 is 9.80 Å². The van der Waals surface area contributed by atoms with Crippen molar-refractivity contribution in [1.29, 1.82) is 0 Å². The number of halogens is 2. The van der Waals surface area contributed by atoms with Gasteiger partial charge in [-0.2, -0.15) is 0 Å². The van der Waals surface area contributed by atoms with E-state index in [9.17, 15) is 8.78 Å². The highest BCUT2D eigenvalue weighted by atomic mass is 19.1. The fraction of sp³-hybridized carbons (Fsp3) is 0.400. The summed E-state index contributed by atoms with van der Waals surface area (Å²) in [5.41, 5.74) is 2.52.